The zero-order chi connectivity index (χ0) is 23.1. The minimum Gasteiger partial charge on any atom is -0.326 e. The van der Waals surface area contributed by atoms with Crippen LogP contribution in [0, 0.1) is 27.2 Å². The van der Waals surface area contributed by atoms with Gasteiger partial charge in [-0.05, 0) is 42.8 Å². The molecule has 0 radical (unpaired) electrons. The summed E-state index contributed by atoms with van der Waals surface area (Å²) in [6, 6.07) is 14.5. The van der Waals surface area contributed by atoms with E-state index in [1.54, 1.807) is 12.1 Å². The molecule has 2 heterocycles. The van der Waals surface area contributed by atoms with Gasteiger partial charge in [0.25, 0.3) is 11.4 Å². The molecule has 4 N–H and O–H groups in total. The number of anilines is 4. The summed E-state index contributed by atoms with van der Waals surface area (Å²) in [7, 11) is 0. The Morgan fingerprint density at radius 2 is 1.30 bits per heavy atom. The SMILES string of the molecule is Cc1cc(Nc2nc3ccc([N+](=O)[O-])cc3[nH]2)ccc1Nc1nc2ccc([N+](=O)[O-])cc2[nH]1. The highest BCUT2D eigenvalue weighted by atomic mass is 16.6. The first-order valence-electron chi connectivity index (χ1n) is 9.79. The number of rotatable bonds is 6. The lowest BCUT2D eigenvalue weighted by Gasteiger charge is -2.10. The lowest BCUT2D eigenvalue weighted by Crippen LogP contribution is -1.97. The number of non-ortho nitro benzene ring substituents is 2. The van der Waals surface area contributed by atoms with Gasteiger partial charge in [-0.15, -0.1) is 0 Å². The third-order valence-corrected chi connectivity index (χ3v) is 5.09. The summed E-state index contributed by atoms with van der Waals surface area (Å²) in [6.45, 7) is 1.92. The van der Waals surface area contributed by atoms with Crippen LogP contribution in [0.4, 0.5) is 34.6 Å². The Morgan fingerprint density at radius 1 is 0.758 bits per heavy atom. The average molecular weight is 444 g/mol. The topological polar surface area (TPSA) is 168 Å². The van der Waals surface area contributed by atoms with E-state index in [4.69, 9.17) is 0 Å². The normalized spacial score (nSPS) is 11.1. The van der Waals surface area contributed by atoms with Crippen molar-refractivity contribution in [3.05, 3.63) is 80.4 Å². The molecule has 5 aromatic rings. The standard InChI is InChI=1S/C21H16N8O4/c1-11-8-12(22-20-24-16-6-3-13(28(30)31)9-18(16)26-20)2-5-15(11)23-21-25-17-7-4-14(29(32)33)10-19(17)27-21/h2-10H,1H3,(H2,22,24,26)(H2,23,25,27). The number of fused-ring (bicyclic) bond motifs is 2. The molecule has 0 fully saturated rings. The molecule has 12 heteroatoms. The van der Waals surface area contributed by atoms with Crippen molar-refractivity contribution in [1.82, 2.24) is 19.9 Å². The number of nitro groups is 2. The monoisotopic (exact) mass is 444 g/mol. The summed E-state index contributed by atoms with van der Waals surface area (Å²) in [5.74, 6) is 0.928. The molecule has 5 rings (SSSR count). The van der Waals surface area contributed by atoms with E-state index in [2.05, 4.69) is 30.6 Å². The van der Waals surface area contributed by atoms with E-state index in [1.807, 2.05) is 25.1 Å². The molecule has 0 aliphatic carbocycles. The van der Waals surface area contributed by atoms with Crippen molar-refractivity contribution in [2.24, 2.45) is 0 Å². The van der Waals surface area contributed by atoms with Gasteiger partial charge in [-0.3, -0.25) is 20.2 Å². The number of nitrogens with one attached hydrogen (secondary N) is 4. The van der Waals surface area contributed by atoms with Gasteiger partial charge in [0.05, 0.1) is 31.9 Å². The van der Waals surface area contributed by atoms with Gasteiger partial charge < -0.3 is 20.6 Å². The second kappa shape index (κ2) is 7.60. The Hall–Kier alpha value is -5.00. The van der Waals surface area contributed by atoms with Gasteiger partial charge in [-0.25, -0.2) is 9.97 Å². The van der Waals surface area contributed by atoms with Gasteiger partial charge in [-0.2, -0.15) is 0 Å². The molecule has 0 aliphatic heterocycles. The van der Waals surface area contributed by atoms with Gasteiger partial charge in [-0.1, -0.05) is 0 Å². The van der Waals surface area contributed by atoms with E-state index < -0.39 is 9.85 Å². The molecular weight excluding hydrogens is 428 g/mol. The van der Waals surface area contributed by atoms with Crippen LogP contribution in [0.5, 0.6) is 0 Å². The predicted molar refractivity (Wildman–Crippen MR) is 123 cm³/mol. The minimum absolute atomic E-state index is 0.00972. The molecule has 0 aliphatic rings. The first-order chi connectivity index (χ1) is 15.9. The van der Waals surface area contributed by atoms with Gasteiger partial charge >= 0.3 is 0 Å². The molecule has 33 heavy (non-hydrogen) atoms. The van der Waals surface area contributed by atoms with Crippen LogP contribution in [0.2, 0.25) is 0 Å². The maximum absolute atomic E-state index is 11.0. The fraction of sp³-hybridized carbons (Fsp3) is 0.0476. The third kappa shape index (κ3) is 3.87. The second-order valence-corrected chi connectivity index (χ2v) is 7.37. The summed E-state index contributed by atoms with van der Waals surface area (Å²) < 4.78 is 0. The summed E-state index contributed by atoms with van der Waals surface area (Å²) >= 11 is 0. The Kier molecular flexibility index (Phi) is 4.59. The van der Waals surface area contributed by atoms with Crippen LogP contribution in [0.15, 0.2) is 54.6 Å². The lowest BCUT2D eigenvalue weighted by atomic mass is 10.2. The molecule has 0 saturated heterocycles. The molecule has 2 aromatic heterocycles. The number of hydrogen-bond acceptors (Lipinski definition) is 8. The van der Waals surface area contributed by atoms with Gasteiger partial charge in [0.1, 0.15) is 0 Å². The van der Waals surface area contributed by atoms with Crippen molar-refractivity contribution >= 4 is 56.7 Å². The summed E-state index contributed by atoms with van der Waals surface area (Å²) in [5.41, 5.74) is 4.82. The van der Waals surface area contributed by atoms with E-state index in [0.717, 1.165) is 16.9 Å². The molecule has 12 nitrogen and oxygen atoms in total. The van der Waals surface area contributed by atoms with Gasteiger partial charge in [0.15, 0.2) is 0 Å². The van der Waals surface area contributed by atoms with Gasteiger partial charge in [0, 0.05) is 35.6 Å². The first kappa shape index (κ1) is 19.9. The number of hydrogen-bond donors (Lipinski definition) is 4. The van der Waals surface area contributed by atoms with Crippen LogP contribution in [-0.2, 0) is 0 Å². The van der Waals surface area contributed by atoms with Crippen molar-refractivity contribution in [2.45, 2.75) is 6.92 Å². The molecule has 0 bridgehead atoms. The molecular formula is C21H16N8O4. The predicted octanol–water partition coefficient (Wildman–Crippen LogP) is 5.05. The Bertz CT molecular complexity index is 1560. The minimum atomic E-state index is -0.453. The molecule has 0 spiro atoms. The number of imidazole rings is 2. The molecule has 0 atom stereocenters. The van der Waals surface area contributed by atoms with Gasteiger partial charge in [0.2, 0.25) is 11.9 Å². The van der Waals surface area contributed by atoms with Crippen LogP contribution in [-0.4, -0.2) is 29.8 Å². The molecule has 0 amide bonds. The highest BCUT2D eigenvalue weighted by Crippen LogP contribution is 2.27. The molecule has 164 valence electrons. The Labute approximate surface area is 185 Å². The number of nitro benzene ring substituents is 2. The van der Waals surface area contributed by atoms with Crippen LogP contribution in [0.25, 0.3) is 22.1 Å². The van der Waals surface area contributed by atoms with Crippen molar-refractivity contribution < 1.29 is 9.85 Å². The average Bonchev–Trinajstić information content (AvgIpc) is 3.37. The van der Waals surface area contributed by atoms with Crippen molar-refractivity contribution in [3.8, 4) is 0 Å². The fourth-order valence-corrected chi connectivity index (χ4v) is 3.49. The highest BCUT2D eigenvalue weighted by molar-refractivity contribution is 5.82. The van der Waals surface area contributed by atoms with Crippen molar-refractivity contribution in [1.29, 1.82) is 0 Å². The van der Waals surface area contributed by atoms with Crippen molar-refractivity contribution in [2.75, 3.05) is 10.6 Å². The number of aromatic nitrogens is 4. The number of aromatic amines is 2. The molecule has 3 aromatic carbocycles. The van der Waals surface area contributed by atoms with E-state index >= 15 is 0 Å². The number of benzene rings is 3. The fourth-order valence-electron chi connectivity index (χ4n) is 3.49. The zero-order valence-corrected chi connectivity index (χ0v) is 17.1. The summed E-state index contributed by atoms with van der Waals surface area (Å²) in [6.07, 6.45) is 0. The van der Waals surface area contributed by atoms with Crippen LogP contribution < -0.4 is 10.6 Å². The lowest BCUT2D eigenvalue weighted by molar-refractivity contribution is -0.384. The Balaban J connectivity index is 1.35. The van der Waals surface area contributed by atoms with Crippen LogP contribution in [0.3, 0.4) is 0 Å². The van der Waals surface area contributed by atoms with E-state index in [9.17, 15) is 20.2 Å². The number of nitrogens with zero attached hydrogens (tertiary/aromatic N) is 4. The van der Waals surface area contributed by atoms with Crippen LogP contribution in [0.1, 0.15) is 5.56 Å². The summed E-state index contributed by atoms with van der Waals surface area (Å²) in [4.78, 5) is 35.9. The maximum atomic E-state index is 11.0. The van der Waals surface area contributed by atoms with E-state index in [0.29, 0.717) is 34.0 Å². The van der Waals surface area contributed by atoms with Crippen molar-refractivity contribution in [3.63, 3.8) is 0 Å². The largest absolute Gasteiger partial charge is 0.326 e. The summed E-state index contributed by atoms with van der Waals surface area (Å²) in [5, 5.41) is 28.3. The highest BCUT2D eigenvalue weighted by Gasteiger charge is 2.12. The maximum Gasteiger partial charge on any atom is 0.271 e. The molecule has 0 unspecified atom stereocenters. The third-order valence-electron chi connectivity index (χ3n) is 5.09. The Morgan fingerprint density at radius 3 is 1.82 bits per heavy atom. The second-order valence-electron chi connectivity index (χ2n) is 7.37. The van der Waals surface area contributed by atoms with Crippen LogP contribution >= 0.6 is 0 Å². The quantitative estimate of drug-likeness (QED) is 0.208. The number of H-pyrrole nitrogens is 2. The number of aryl methyl sites for hydroxylation is 1. The smallest absolute Gasteiger partial charge is 0.271 e. The zero-order valence-electron chi connectivity index (χ0n) is 17.1. The molecule has 0 saturated carbocycles. The van der Waals surface area contributed by atoms with E-state index in [-0.39, 0.29) is 11.4 Å². The van der Waals surface area contributed by atoms with E-state index in [1.165, 1.54) is 24.3 Å². The first-order valence-corrected chi connectivity index (χ1v) is 9.79.